The molecule has 0 aliphatic carbocycles. The van der Waals surface area contributed by atoms with Crippen LogP contribution in [-0.2, 0) is 24.3 Å². The zero-order valence-corrected chi connectivity index (χ0v) is 15.9. The number of aromatic nitrogens is 1. The fraction of sp³-hybridized carbons (Fsp3) is 0.353. The molecule has 0 radical (unpaired) electrons. The van der Waals surface area contributed by atoms with E-state index in [1.54, 1.807) is 39.0 Å². The van der Waals surface area contributed by atoms with E-state index in [0.717, 1.165) is 0 Å². The summed E-state index contributed by atoms with van der Waals surface area (Å²) in [7, 11) is -3.91. The second-order valence-electron chi connectivity index (χ2n) is 6.13. The number of carbonyl (C=O) groups excluding carboxylic acids is 2. The van der Waals surface area contributed by atoms with Gasteiger partial charge < -0.3 is 14.6 Å². The van der Waals surface area contributed by atoms with Crippen molar-refractivity contribution in [2.75, 3.05) is 11.9 Å². The Labute approximate surface area is 157 Å². The van der Waals surface area contributed by atoms with Gasteiger partial charge in [-0.3, -0.25) is 9.59 Å². The van der Waals surface area contributed by atoms with Crippen LogP contribution in [0.2, 0.25) is 0 Å². The van der Waals surface area contributed by atoms with E-state index in [1.807, 2.05) is 0 Å². The Bertz CT molecular complexity index is 892. The standard InChI is InChI=1S/C17H21N3O6S/c1-11(2)16(20-27(23,24)13-7-5-4-6-8-13)17(22)25-10-15(21)18-14-9-12(3)26-19-14/h4-9,11,16,20H,10H2,1-3H3,(H,18,19,21)/t16-/m0/s1. The fourth-order valence-corrected chi connectivity index (χ4v) is 3.48. The molecule has 0 spiro atoms. The first kappa shape index (κ1) is 20.6. The Morgan fingerprint density at radius 1 is 1.22 bits per heavy atom. The quantitative estimate of drug-likeness (QED) is 0.648. The maximum Gasteiger partial charge on any atom is 0.324 e. The summed E-state index contributed by atoms with van der Waals surface area (Å²) in [6.07, 6.45) is 0. The average molecular weight is 395 g/mol. The summed E-state index contributed by atoms with van der Waals surface area (Å²) in [5.41, 5.74) is 0. The molecule has 2 N–H and O–H groups in total. The van der Waals surface area contributed by atoms with E-state index < -0.39 is 40.5 Å². The van der Waals surface area contributed by atoms with E-state index in [9.17, 15) is 18.0 Å². The summed E-state index contributed by atoms with van der Waals surface area (Å²) < 4.78 is 36.9. The normalized spacial score (nSPS) is 12.6. The van der Waals surface area contributed by atoms with Gasteiger partial charge in [-0.15, -0.1) is 0 Å². The van der Waals surface area contributed by atoms with Crippen molar-refractivity contribution in [3.05, 3.63) is 42.2 Å². The average Bonchev–Trinajstić information content (AvgIpc) is 3.03. The first-order chi connectivity index (χ1) is 12.7. The third kappa shape index (κ3) is 5.90. The summed E-state index contributed by atoms with van der Waals surface area (Å²) >= 11 is 0. The van der Waals surface area contributed by atoms with Gasteiger partial charge in [0, 0.05) is 6.07 Å². The molecular weight excluding hydrogens is 374 g/mol. The molecule has 0 aliphatic rings. The van der Waals surface area contributed by atoms with Crippen molar-refractivity contribution in [3.63, 3.8) is 0 Å². The minimum absolute atomic E-state index is 0.0302. The highest BCUT2D eigenvalue weighted by atomic mass is 32.2. The Kier molecular flexibility index (Phi) is 6.70. The number of amides is 1. The van der Waals surface area contributed by atoms with Crippen LogP contribution in [0, 0.1) is 12.8 Å². The maximum atomic E-state index is 12.4. The Balaban J connectivity index is 1.97. The number of hydrogen-bond acceptors (Lipinski definition) is 7. The Morgan fingerprint density at radius 2 is 1.89 bits per heavy atom. The number of sulfonamides is 1. The molecule has 9 nitrogen and oxygen atoms in total. The maximum absolute atomic E-state index is 12.4. The van der Waals surface area contributed by atoms with Crippen molar-refractivity contribution in [1.82, 2.24) is 9.88 Å². The molecule has 1 aromatic carbocycles. The molecule has 1 amide bonds. The largest absolute Gasteiger partial charge is 0.454 e. The van der Waals surface area contributed by atoms with Crippen LogP contribution in [0.25, 0.3) is 0 Å². The fourth-order valence-electron chi connectivity index (χ4n) is 2.12. The monoisotopic (exact) mass is 395 g/mol. The number of esters is 1. The van der Waals surface area contributed by atoms with E-state index in [2.05, 4.69) is 15.2 Å². The summed E-state index contributed by atoms with van der Waals surface area (Å²) in [6.45, 7) is 4.41. The molecule has 0 unspecified atom stereocenters. The van der Waals surface area contributed by atoms with Crippen molar-refractivity contribution in [2.24, 2.45) is 5.92 Å². The minimum atomic E-state index is -3.91. The van der Waals surface area contributed by atoms with E-state index in [0.29, 0.717) is 5.76 Å². The van der Waals surface area contributed by atoms with Crippen molar-refractivity contribution < 1.29 is 27.3 Å². The van der Waals surface area contributed by atoms with Gasteiger partial charge in [0.25, 0.3) is 5.91 Å². The number of nitrogens with zero attached hydrogens (tertiary/aromatic N) is 1. The number of aryl methyl sites for hydroxylation is 1. The summed E-state index contributed by atoms with van der Waals surface area (Å²) in [6, 6.07) is 8.03. The van der Waals surface area contributed by atoms with Crippen molar-refractivity contribution >= 4 is 27.7 Å². The lowest BCUT2D eigenvalue weighted by Gasteiger charge is -2.20. The van der Waals surface area contributed by atoms with E-state index in [4.69, 9.17) is 9.26 Å². The molecule has 1 heterocycles. The van der Waals surface area contributed by atoms with Gasteiger partial charge in [0.15, 0.2) is 12.4 Å². The van der Waals surface area contributed by atoms with Gasteiger partial charge in [-0.2, -0.15) is 4.72 Å². The summed E-state index contributed by atoms with van der Waals surface area (Å²) in [5, 5.41) is 5.99. The van der Waals surface area contributed by atoms with E-state index >= 15 is 0 Å². The van der Waals surface area contributed by atoms with E-state index in [-0.39, 0.29) is 10.7 Å². The van der Waals surface area contributed by atoms with Crippen LogP contribution < -0.4 is 10.0 Å². The SMILES string of the molecule is Cc1cc(NC(=O)COC(=O)[C@@H](NS(=O)(=O)c2ccccc2)C(C)C)no1. The number of anilines is 1. The van der Waals surface area contributed by atoms with Gasteiger partial charge in [0.05, 0.1) is 4.90 Å². The Morgan fingerprint density at radius 3 is 2.44 bits per heavy atom. The molecular formula is C17H21N3O6S. The molecule has 27 heavy (non-hydrogen) atoms. The molecule has 0 aliphatic heterocycles. The van der Waals surface area contributed by atoms with Crippen LogP contribution in [0.15, 0.2) is 45.8 Å². The molecule has 10 heteroatoms. The molecule has 0 bridgehead atoms. The predicted octanol–water partition coefficient (Wildman–Crippen LogP) is 1.47. The van der Waals surface area contributed by atoms with Crippen LogP contribution in [0.4, 0.5) is 5.82 Å². The lowest BCUT2D eigenvalue weighted by atomic mass is 10.1. The predicted molar refractivity (Wildman–Crippen MR) is 96.2 cm³/mol. The first-order valence-electron chi connectivity index (χ1n) is 8.16. The van der Waals surface area contributed by atoms with Crippen molar-refractivity contribution in [2.45, 2.75) is 31.7 Å². The molecule has 146 valence electrons. The number of rotatable bonds is 8. The van der Waals surface area contributed by atoms with Gasteiger partial charge in [-0.1, -0.05) is 37.2 Å². The van der Waals surface area contributed by atoms with Crippen LogP contribution in [0.1, 0.15) is 19.6 Å². The lowest BCUT2D eigenvalue weighted by Crippen LogP contribution is -2.45. The molecule has 1 aromatic heterocycles. The second-order valence-corrected chi connectivity index (χ2v) is 7.85. The highest BCUT2D eigenvalue weighted by Crippen LogP contribution is 2.12. The topological polar surface area (TPSA) is 128 Å². The number of ether oxygens (including phenoxy) is 1. The summed E-state index contributed by atoms with van der Waals surface area (Å²) in [5.74, 6) is -1.16. The van der Waals surface area contributed by atoms with Gasteiger partial charge in [-0.25, -0.2) is 8.42 Å². The molecule has 0 fully saturated rings. The van der Waals surface area contributed by atoms with E-state index in [1.165, 1.54) is 18.2 Å². The zero-order valence-electron chi connectivity index (χ0n) is 15.1. The molecule has 0 saturated carbocycles. The third-order valence-electron chi connectivity index (χ3n) is 3.50. The molecule has 1 atom stereocenters. The third-order valence-corrected chi connectivity index (χ3v) is 4.95. The highest BCUT2D eigenvalue weighted by Gasteiger charge is 2.30. The zero-order chi connectivity index (χ0) is 20.0. The first-order valence-corrected chi connectivity index (χ1v) is 9.64. The summed E-state index contributed by atoms with van der Waals surface area (Å²) in [4.78, 5) is 24.1. The smallest absolute Gasteiger partial charge is 0.324 e. The van der Waals surface area contributed by atoms with Crippen LogP contribution >= 0.6 is 0 Å². The van der Waals surface area contributed by atoms with Gasteiger partial charge >= 0.3 is 5.97 Å². The van der Waals surface area contributed by atoms with Crippen LogP contribution in [0.3, 0.4) is 0 Å². The van der Waals surface area contributed by atoms with Crippen molar-refractivity contribution in [3.8, 4) is 0 Å². The van der Waals surface area contributed by atoms with Crippen molar-refractivity contribution in [1.29, 1.82) is 0 Å². The Hall–Kier alpha value is -2.72. The molecule has 2 rings (SSSR count). The number of hydrogen-bond donors (Lipinski definition) is 2. The van der Waals surface area contributed by atoms with Crippen LogP contribution in [0.5, 0.6) is 0 Å². The van der Waals surface area contributed by atoms with Crippen LogP contribution in [-0.4, -0.2) is 38.1 Å². The second kappa shape index (κ2) is 8.78. The molecule has 0 saturated heterocycles. The minimum Gasteiger partial charge on any atom is -0.454 e. The van der Waals surface area contributed by atoms with Gasteiger partial charge in [-0.05, 0) is 25.0 Å². The highest BCUT2D eigenvalue weighted by molar-refractivity contribution is 7.89. The number of carbonyl (C=O) groups is 2. The van der Waals surface area contributed by atoms with Gasteiger partial charge in [0.1, 0.15) is 11.8 Å². The van der Waals surface area contributed by atoms with Gasteiger partial charge in [0.2, 0.25) is 10.0 Å². The number of benzene rings is 1. The number of nitrogens with one attached hydrogen (secondary N) is 2. The molecule has 2 aromatic rings. The lowest BCUT2D eigenvalue weighted by molar-refractivity contribution is -0.150.